The maximum Gasteiger partial charge on any atom is 0.241 e. The number of sulfonamides is 1. The van der Waals surface area contributed by atoms with Gasteiger partial charge in [0.15, 0.2) is 0 Å². The monoisotopic (exact) mass is 330 g/mol. The van der Waals surface area contributed by atoms with Crippen LogP contribution in [0.3, 0.4) is 0 Å². The van der Waals surface area contributed by atoms with Crippen LogP contribution in [0.2, 0.25) is 5.02 Å². The largest absolute Gasteiger partial charge is 0.389 e. The van der Waals surface area contributed by atoms with Gasteiger partial charge in [-0.2, -0.15) is 0 Å². The minimum Gasteiger partial charge on any atom is -0.389 e. The zero-order valence-corrected chi connectivity index (χ0v) is 12.5. The summed E-state index contributed by atoms with van der Waals surface area (Å²) < 4.78 is 26.6. The van der Waals surface area contributed by atoms with E-state index in [0.717, 1.165) is 0 Å². The van der Waals surface area contributed by atoms with Crippen molar-refractivity contribution in [2.24, 2.45) is 5.73 Å². The van der Waals surface area contributed by atoms with Crippen molar-refractivity contribution in [2.45, 2.75) is 11.4 Å². The van der Waals surface area contributed by atoms with Gasteiger partial charge in [-0.1, -0.05) is 23.8 Å². The number of aromatic nitrogens is 2. The average Bonchev–Trinajstić information content (AvgIpc) is 2.89. The second kappa shape index (κ2) is 5.88. The Labute approximate surface area is 126 Å². The van der Waals surface area contributed by atoms with Crippen LogP contribution in [0.15, 0.2) is 35.5 Å². The van der Waals surface area contributed by atoms with Gasteiger partial charge in [0, 0.05) is 18.0 Å². The molecule has 20 heavy (non-hydrogen) atoms. The highest BCUT2D eigenvalue weighted by molar-refractivity contribution is 7.89. The highest BCUT2D eigenvalue weighted by Crippen LogP contribution is 2.20. The molecule has 0 radical (unpaired) electrons. The Morgan fingerprint density at radius 3 is 2.80 bits per heavy atom. The molecule has 1 aromatic carbocycles. The lowest BCUT2D eigenvalue weighted by molar-refractivity contribution is 0.579. The van der Waals surface area contributed by atoms with Crippen molar-refractivity contribution >= 4 is 38.8 Å². The van der Waals surface area contributed by atoms with Gasteiger partial charge in [0.05, 0.1) is 16.5 Å². The zero-order valence-electron chi connectivity index (χ0n) is 10.1. The van der Waals surface area contributed by atoms with Crippen molar-refractivity contribution in [3.8, 4) is 0 Å². The predicted octanol–water partition coefficient (Wildman–Crippen LogP) is 1.18. The fraction of sp³-hybridized carbons (Fsp3) is 0.0909. The third-order valence-corrected chi connectivity index (χ3v) is 4.43. The van der Waals surface area contributed by atoms with Gasteiger partial charge in [0.2, 0.25) is 10.0 Å². The maximum absolute atomic E-state index is 12.1. The zero-order chi connectivity index (χ0) is 14.8. The molecule has 1 heterocycles. The van der Waals surface area contributed by atoms with E-state index < -0.39 is 10.0 Å². The summed E-state index contributed by atoms with van der Waals surface area (Å²) in [5.41, 5.74) is 5.90. The van der Waals surface area contributed by atoms with Crippen LogP contribution in [0.25, 0.3) is 0 Å². The SMILES string of the molecule is NC(=S)c1ccc(S(=O)(=O)NCc2ncc[nH]2)cc1Cl. The van der Waals surface area contributed by atoms with Gasteiger partial charge < -0.3 is 10.7 Å². The van der Waals surface area contributed by atoms with Crippen molar-refractivity contribution < 1.29 is 8.42 Å². The number of aromatic amines is 1. The Hall–Kier alpha value is -1.48. The van der Waals surface area contributed by atoms with E-state index in [0.29, 0.717) is 11.4 Å². The lowest BCUT2D eigenvalue weighted by Gasteiger charge is -2.08. The van der Waals surface area contributed by atoms with E-state index in [1.165, 1.54) is 24.4 Å². The van der Waals surface area contributed by atoms with Crippen LogP contribution < -0.4 is 10.5 Å². The summed E-state index contributed by atoms with van der Waals surface area (Å²) in [7, 11) is -3.68. The molecule has 4 N–H and O–H groups in total. The topological polar surface area (TPSA) is 101 Å². The van der Waals surface area contributed by atoms with E-state index in [4.69, 9.17) is 29.6 Å². The summed E-state index contributed by atoms with van der Waals surface area (Å²) in [6.45, 7) is 0.0595. The van der Waals surface area contributed by atoms with Crippen LogP contribution in [0.4, 0.5) is 0 Å². The Morgan fingerprint density at radius 2 is 2.25 bits per heavy atom. The Bertz CT molecular complexity index is 729. The van der Waals surface area contributed by atoms with Crippen molar-refractivity contribution in [3.63, 3.8) is 0 Å². The lowest BCUT2D eigenvalue weighted by Crippen LogP contribution is -2.24. The second-order valence-corrected chi connectivity index (χ2v) is 6.48. The first-order valence-corrected chi connectivity index (χ1v) is 7.74. The van der Waals surface area contributed by atoms with Gasteiger partial charge in [0.25, 0.3) is 0 Å². The van der Waals surface area contributed by atoms with Crippen LogP contribution in [-0.4, -0.2) is 23.4 Å². The predicted molar refractivity (Wildman–Crippen MR) is 80.0 cm³/mol. The first-order valence-electron chi connectivity index (χ1n) is 5.47. The Morgan fingerprint density at radius 1 is 1.50 bits per heavy atom. The van der Waals surface area contributed by atoms with Gasteiger partial charge in [-0.3, -0.25) is 0 Å². The Balaban J connectivity index is 2.21. The highest BCUT2D eigenvalue weighted by Gasteiger charge is 2.16. The minimum absolute atomic E-state index is 0.0362. The van der Waals surface area contributed by atoms with E-state index in [1.807, 2.05) is 0 Å². The molecule has 0 saturated heterocycles. The molecule has 6 nitrogen and oxygen atoms in total. The van der Waals surface area contributed by atoms with Crippen LogP contribution in [0.5, 0.6) is 0 Å². The molecule has 0 fully saturated rings. The smallest absolute Gasteiger partial charge is 0.241 e. The second-order valence-electron chi connectivity index (χ2n) is 3.87. The molecule has 0 aliphatic heterocycles. The summed E-state index contributed by atoms with van der Waals surface area (Å²) in [5, 5.41) is 0.193. The number of thiocarbonyl (C=S) groups is 1. The van der Waals surface area contributed by atoms with E-state index in [1.54, 1.807) is 6.20 Å². The third kappa shape index (κ3) is 3.34. The number of hydrogen-bond acceptors (Lipinski definition) is 4. The first kappa shape index (κ1) is 14.9. The van der Waals surface area contributed by atoms with Crippen LogP contribution >= 0.6 is 23.8 Å². The number of nitrogens with zero attached hydrogens (tertiary/aromatic N) is 1. The molecule has 0 spiro atoms. The van der Waals surface area contributed by atoms with Crippen molar-refractivity contribution in [2.75, 3.05) is 0 Å². The maximum atomic E-state index is 12.1. The molecule has 1 aromatic heterocycles. The van der Waals surface area contributed by atoms with Gasteiger partial charge in [-0.05, 0) is 18.2 Å². The number of benzene rings is 1. The molecule has 9 heteroatoms. The van der Waals surface area contributed by atoms with Gasteiger partial charge in [-0.25, -0.2) is 18.1 Å². The van der Waals surface area contributed by atoms with Crippen molar-refractivity contribution in [3.05, 3.63) is 47.0 Å². The first-order chi connectivity index (χ1) is 9.40. The quantitative estimate of drug-likeness (QED) is 0.715. The number of nitrogens with one attached hydrogen (secondary N) is 2. The molecule has 2 aromatic rings. The van der Waals surface area contributed by atoms with Crippen molar-refractivity contribution in [1.29, 1.82) is 0 Å². The lowest BCUT2D eigenvalue weighted by atomic mass is 10.2. The number of H-pyrrole nitrogens is 1. The molecule has 2 rings (SSSR count). The summed E-state index contributed by atoms with van der Waals surface area (Å²) in [5.74, 6) is 0.513. The molecule has 0 saturated carbocycles. The molecule has 0 aliphatic carbocycles. The number of nitrogens with two attached hydrogens (primary N) is 1. The van der Waals surface area contributed by atoms with Crippen LogP contribution in [-0.2, 0) is 16.6 Å². The standard InChI is InChI=1S/C11H11ClN4O2S2/c12-9-5-7(1-2-8(9)11(13)19)20(17,18)16-6-10-14-3-4-15-10/h1-5,16H,6H2,(H2,13,19)(H,14,15). The van der Waals surface area contributed by atoms with Crippen LogP contribution in [0.1, 0.15) is 11.4 Å². The third-order valence-electron chi connectivity index (χ3n) is 2.50. The van der Waals surface area contributed by atoms with E-state index in [-0.39, 0.29) is 21.5 Å². The number of halogens is 1. The van der Waals surface area contributed by atoms with Gasteiger partial charge >= 0.3 is 0 Å². The fourth-order valence-electron chi connectivity index (χ4n) is 1.50. The molecule has 0 aliphatic rings. The molecule has 0 amide bonds. The summed E-state index contributed by atoms with van der Waals surface area (Å²) in [6.07, 6.45) is 3.15. The molecule has 0 atom stereocenters. The fourth-order valence-corrected chi connectivity index (χ4v) is 3.10. The molecule has 0 bridgehead atoms. The van der Waals surface area contributed by atoms with Gasteiger partial charge in [-0.15, -0.1) is 0 Å². The Kier molecular flexibility index (Phi) is 4.39. The summed E-state index contributed by atoms with van der Waals surface area (Å²) in [4.78, 5) is 6.87. The summed E-state index contributed by atoms with van der Waals surface area (Å²) >= 11 is 10.8. The van der Waals surface area contributed by atoms with E-state index in [9.17, 15) is 8.42 Å². The van der Waals surface area contributed by atoms with Crippen LogP contribution in [0, 0.1) is 0 Å². The van der Waals surface area contributed by atoms with Crippen molar-refractivity contribution in [1.82, 2.24) is 14.7 Å². The molecular formula is C11H11ClN4O2S2. The molecule has 106 valence electrons. The molecule has 0 unspecified atom stereocenters. The normalized spacial score (nSPS) is 11.4. The minimum atomic E-state index is -3.68. The van der Waals surface area contributed by atoms with E-state index >= 15 is 0 Å². The number of rotatable bonds is 5. The summed E-state index contributed by atoms with van der Waals surface area (Å²) in [6, 6.07) is 4.18. The van der Waals surface area contributed by atoms with E-state index in [2.05, 4.69) is 14.7 Å². The highest BCUT2D eigenvalue weighted by atomic mass is 35.5. The van der Waals surface area contributed by atoms with Gasteiger partial charge in [0.1, 0.15) is 10.8 Å². The number of imidazole rings is 1. The average molecular weight is 331 g/mol. The number of hydrogen-bond donors (Lipinski definition) is 3. The molecular weight excluding hydrogens is 320 g/mol.